The summed E-state index contributed by atoms with van der Waals surface area (Å²) in [7, 11) is 0. The second kappa shape index (κ2) is 5.27. The maximum Gasteiger partial charge on any atom is 0.146 e. The van der Waals surface area contributed by atoms with Crippen LogP contribution < -0.4 is 4.74 Å². The predicted molar refractivity (Wildman–Crippen MR) is 74.1 cm³/mol. The molecule has 0 spiro atoms. The standard InChI is InChI=1S/C16H12FNO2/c17-13-5-11(10-19)6-14(8-13)20-15-7-12-3-1-2-4-16(12)18-9-15/h1-9,19H,10H2. The number of pyridine rings is 1. The van der Waals surface area contributed by atoms with E-state index < -0.39 is 5.82 Å². The lowest BCUT2D eigenvalue weighted by atomic mass is 10.2. The fourth-order valence-corrected chi connectivity index (χ4v) is 2.01. The van der Waals surface area contributed by atoms with Crippen molar-refractivity contribution in [3.8, 4) is 11.5 Å². The molecule has 0 amide bonds. The van der Waals surface area contributed by atoms with E-state index in [2.05, 4.69) is 4.98 Å². The van der Waals surface area contributed by atoms with Gasteiger partial charge in [0, 0.05) is 11.5 Å². The molecule has 0 aliphatic carbocycles. The topological polar surface area (TPSA) is 42.4 Å². The first-order chi connectivity index (χ1) is 9.74. The first-order valence-electron chi connectivity index (χ1n) is 6.17. The van der Waals surface area contributed by atoms with E-state index in [1.807, 2.05) is 30.3 Å². The number of para-hydroxylation sites is 1. The van der Waals surface area contributed by atoms with Gasteiger partial charge in [-0.25, -0.2) is 4.39 Å². The summed E-state index contributed by atoms with van der Waals surface area (Å²) in [6, 6.07) is 13.6. The van der Waals surface area contributed by atoms with Crippen molar-refractivity contribution < 1.29 is 14.2 Å². The van der Waals surface area contributed by atoms with Gasteiger partial charge in [-0.2, -0.15) is 0 Å². The van der Waals surface area contributed by atoms with E-state index in [1.54, 1.807) is 12.3 Å². The third-order valence-corrected chi connectivity index (χ3v) is 2.91. The van der Waals surface area contributed by atoms with Gasteiger partial charge in [0.25, 0.3) is 0 Å². The molecule has 0 fully saturated rings. The molecule has 0 saturated carbocycles. The van der Waals surface area contributed by atoms with Crippen LogP contribution in [0.2, 0.25) is 0 Å². The Morgan fingerprint density at radius 1 is 1.05 bits per heavy atom. The monoisotopic (exact) mass is 269 g/mol. The van der Waals surface area contributed by atoms with Gasteiger partial charge in [-0.1, -0.05) is 18.2 Å². The molecule has 0 radical (unpaired) electrons. The van der Waals surface area contributed by atoms with Crippen LogP contribution in [-0.2, 0) is 6.61 Å². The van der Waals surface area contributed by atoms with Gasteiger partial charge in [0.05, 0.1) is 18.3 Å². The highest BCUT2D eigenvalue weighted by atomic mass is 19.1. The highest BCUT2D eigenvalue weighted by Gasteiger charge is 2.04. The van der Waals surface area contributed by atoms with Crippen LogP contribution >= 0.6 is 0 Å². The van der Waals surface area contributed by atoms with Crippen molar-refractivity contribution in [2.45, 2.75) is 6.61 Å². The summed E-state index contributed by atoms with van der Waals surface area (Å²) in [5, 5.41) is 10.0. The summed E-state index contributed by atoms with van der Waals surface area (Å²) in [4.78, 5) is 4.27. The number of hydrogen-bond donors (Lipinski definition) is 1. The number of fused-ring (bicyclic) bond motifs is 1. The molecular formula is C16H12FNO2. The molecule has 0 saturated heterocycles. The van der Waals surface area contributed by atoms with Crippen LogP contribution in [0.4, 0.5) is 4.39 Å². The molecule has 3 rings (SSSR count). The molecular weight excluding hydrogens is 257 g/mol. The molecule has 1 heterocycles. The van der Waals surface area contributed by atoms with Crippen LogP contribution in [0.1, 0.15) is 5.56 Å². The molecule has 0 aliphatic rings. The van der Waals surface area contributed by atoms with Gasteiger partial charge < -0.3 is 9.84 Å². The first-order valence-corrected chi connectivity index (χ1v) is 6.17. The molecule has 4 heteroatoms. The van der Waals surface area contributed by atoms with Crippen molar-refractivity contribution in [2.75, 3.05) is 0 Å². The van der Waals surface area contributed by atoms with Crippen LogP contribution in [0.5, 0.6) is 11.5 Å². The molecule has 0 aliphatic heterocycles. The maximum atomic E-state index is 13.4. The first kappa shape index (κ1) is 12.6. The number of halogens is 1. The van der Waals surface area contributed by atoms with E-state index in [4.69, 9.17) is 9.84 Å². The summed E-state index contributed by atoms with van der Waals surface area (Å²) >= 11 is 0. The zero-order valence-electron chi connectivity index (χ0n) is 10.6. The Bertz CT molecular complexity index is 758. The Hall–Kier alpha value is -2.46. The van der Waals surface area contributed by atoms with Crippen molar-refractivity contribution in [1.82, 2.24) is 4.98 Å². The molecule has 0 unspecified atom stereocenters. The van der Waals surface area contributed by atoms with Crippen molar-refractivity contribution >= 4 is 10.9 Å². The Morgan fingerprint density at radius 3 is 2.75 bits per heavy atom. The molecule has 3 aromatic rings. The SMILES string of the molecule is OCc1cc(F)cc(Oc2cnc3ccccc3c2)c1. The van der Waals surface area contributed by atoms with Crippen molar-refractivity contribution in [3.63, 3.8) is 0 Å². The van der Waals surface area contributed by atoms with Crippen LogP contribution in [-0.4, -0.2) is 10.1 Å². The van der Waals surface area contributed by atoms with Crippen LogP contribution in [0.15, 0.2) is 54.7 Å². The summed E-state index contributed by atoms with van der Waals surface area (Å²) < 4.78 is 19.0. The predicted octanol–water partition coefficient (Wildman–Crippen LogP) is 3.66. The molecule has 0 bridgehead atoms. The second-order valence-electron chi connectivity index (χ2n) is 4.42. The Morgan fingerprint density at radius 2 is 1.90 bits per heavy atom. The Balaban J connectivity index is 1.94. The average molecular weight is 269 g/mol. The van der Waals surface area contributed by atoms with E-state index in [-0.39, 0.29) is 6.61 Å². The number of aliphatic hydroxyl groups excluding tert-OH is 1. The largest absolute Gasteiger partial charge is 0.456 e. The highest BCUT2D eigenvalue weighted by molar-refractivity contribution is 5.79. The smallest absolute Gasteiger partial charge is 0.146 e. The van der Waals surface area contributed by atoms with E-state index in [9.17, 15) is 4.39 Å². The number of rotatable bonds is 3. The number of aliphatic hydroxyl groups is 1. The van der Waals surface area contributed by atoms with E-state index in [0.717, 1.165) is 10.9 Å². The number of benzene rings is 2. The van der Waals surface area contributed by atoms with E-state index in [0.29, 0.717) is 17.1 Å². The molecule has 2 aromatic carbocycles. The second-order valence-corrected chi connectivity index (χ2v) is 4.42. The van der Waals surface area contributed by atoms with Crippen molar-refractivity contribution in [3.05, 3.63) is 66.1 Å². The van der Waals surface area contributed by atoms with Gasteiger partial charge in [-0.15, -0.1) is 0 Å². The third kappa shape index (κ3) is 2.60. The van der Waals surface area contributed by atoms with Crippen LogP contribution in [0.25, 0.3) is 10.9 Å². The van der Waals surface area contributed by atoms with Gasteiger partial charge in [0.1, 0.15) is 17.3 Å². The summed E-state index contributed by atoms with van der Waals surface area (Å²) in [5.41, 5.74) is 1.34. The zero-order valence-corrected chi connectivity index (χ0v) is 10.6. The molecule has 0 atom stereocenters. The zero-order chi connectivity index (χ0) is 13.9. The van der Waals surface area contributed by atoms with Gasteiger partial charge in [-0.05, 0) is 29.8 Å². The minimum absolute atomic E-state index is 0.232. The fourth-order valence-electron chi connectivity index (χ4n) is 2.01. The van der Waals surface area contributed by atoms with E-state index in [1.165, 1.54) is 12.1 Å². The number of ether oxygens (including phenoxy) is 1. The molecule has 20 heavy (non-hydrogen) atoms. The van der Waals surface area contributed by atoms with Crippen LogP contribution in [0, 0.1) is 5.82 Å². The lowest BCUT2D eigenvalue weighted by Gasteiger charge is -2.08. The van der Waals surface area contributed by atoms with Gasteiger partial charge >= 0.3 is 0 Å². The number of aromatic nitrogens is 1. The van der Waals surface area contributed by atoms with Crippen LogP contribution in [0.3, 0.4) is 0 Å². The molecule has 3 nitrogen and oxygen atoms in total. The molecule has 100 valence electrons. The molecule has 1 N–H and O–H groups in total. The average Bonchev–Trinajstić information content (AvgIpc) is 2.46. The highest BCUT2D eigenvalue weighted by Crippen LogP contribution is 2.25. The summed E-state index contributed by atoms with van der Waals surface area (Å²) in [6.45, 7) is -0.232. The number of nitrogens with zero attached hydrogens (tertiary/aromatic N) is 1. The fraction of sp³-hybridized carbons (Fsp3) is 0.0625. The normalized spacial score (nSPS) is 10.7. The summed E-state index contributed by atoms with van der Waals surface area (Å²) in [5.74, 6) is 0.421. The summed E-state index contributed by atoms with van der Waals surface area (Å²) in [6.07, 6.45) is 1.59. The number of hydrogen-bond acceptors (Lipinski definition) is 3. The van der Waals surface area contributed by atoms with E-state index >= 15 is 0 Å². The Kier molecular flexibility index (Phi) is 3.31. The quantitative estimate of drug-likeness (QED) is 0.789. The lowest BCUT2D eigenvalue weighted by molar-refractivity contribution is 0.280. The van der Waals surface area contributed by atoms with Crippen molar-refractivity contribution in [2.24, 2.45) is 0 Å². The Labute approximate surface area is 115 Å². The van der Waals surface area contributed by atoms with Gasteiger partial charge in [0.15, 0.2) is 0 Å². The molecule has 1 aromatic heterocycles. The van der Waals surface area contributed by atoms with Gasteiger partial charge in [0.2, 0.25) is 0 Å². The minimum atomic E-state index is -0.444. The third-order valence-electron chi connectivity index (χ3n) is 2.91. The van der Waals surface area contributed by atoms with Gasteiger partial charge in [-0.3, -0.25) is 4.98 Å². The minimum Gasteiger partial charge on any atom is -0.456 e. The van der Waals surface area contributed by atoms with Crippen molar-refractivity contribution in [1.29, 1.82) is 0 Å². The maximum absolute atomic E-state index is 13.4. The lowest BCUT2D eigenvalue weighted by Crippen LogP contribution is -1.91.